The number of carbonyl (C=O) groups is 2. The van der Waals surface area contributed by atoms with Crippen molar-refractivity contribution in [3.8, 4) is 12.3 Å². The molecule has 0 saturated carbocycles. The van der Waals surface area contributed by atoms with Gasteiger partial charge in [0.1, 0.15) is 11.9 Å². The maximum Gasteiger partial charge on any atom is 0.263 e. The summed E-state index contributed by atoms with van der Waals surface area (Å²) in [5, 5.41) is 4.92. The number of fused-ring (bicyclic) bond motifs is 1. The lowest BCUT2D eigenvalue weighted by Crippen LogP contribution is -2.43. The van der Waals surface area contributed by atoms with Crippen molar-refractivity contribution in [2.45, 2.75) is 24.8 Å². The summed E-state index contributed by atoms with van der Waals surface area (Å²) >= 11 is 0. The third-order valence-electron chi connectivity index (χ3n) is 3.64. The summed E-state index contributed by atoms with van der Waals surface area (Å²) in [4.78, 5) is 28.4. The highest BCUT2D eigenvalue weighted by molar-refractivity contribution is 7.90. The minimum Gasteiger partial charge on any atom is -0.345 e. The molecule has 0 fully saturated rings. The Labute approximate surface area is 152 Å². The van der Waals surface area contributed by atoms with E-state index in [1.54, 1.807) is 32.0 Å². The maximum absolute atomic E-state index is 12.4. The largest absolute Gasteiger partial charge is 0.345 e. The summed E-state index contributed by atoms with van der Waals surface area (Å²) in [6.07, 6.45) is 5.05. The van der Waals surface area contributed by atoms with E-state index < -0.39 is 27.9 Å². The number of nitrogens with one attached hydrogen (secondary N) is 3. The van der Waals surface area contributed by atoms with Crippen molar-refractivity contribution in [2.24, 2.45) is 10.9 Å². The number of terminal acetylenes is 1. The Balaban J connectivity index is 2.19. The van der Waals surface area contributed by atoms with Gasteiger partial charge in [0, 0.05) is 5.56 Å². The van der Waals surface area contributed by atoms with Gasteiger partial charge in [-0.05, 0) is 18.1 Å². The molecular weight excluding hydrogens is 356 g/mol. The number of benzene rings is 1. The van der Waals surface area contributed by atoms with Crippen LogP contribution in [0.3, 0.4) is 0 Å². The first-order chi connectivity index (χ1) is 12.3. The predicted molar refractivity (Wildman–Crippen MR) is 96.8 cm³/mol. The molecule has 1 aliphatic rings. The average Bonchev–Trinajstić information content (AvgIpc) is 2.86. The normalized spacial score (nSPS) is 17.1. The minimum absolute atomic E-state index is 0.0726. The van der Waals surface area contributed by atoms with Crippen molar-refractivity contribution in [1.82, 2.24) is 15.4 Å². The van der Waals surface area contributed by atoms with E-state index in [2.05, 4.69) is 26.3 Å². The summed E-state index contributed by atoms with van der Waals surface area (Å²) in [5.41, 5.74) is 0.415. The van der Waals surface area contributed by atoms with E-state index in [0.717, 1.165) is 0 Å². The maximum atomic E-state index is 12.4. The second-order valence-electron chi connectivity index (χ2n) is 5.97. The lowest BCUT2D eigenvalue weighted by molar-refractivity contribution is -0.127. The van der Waals surface area contributed by atoms with Gasteiger partial charge >= 0.3 is 0 Å². The van der Waals surface area contributed by atoms with E-state index in [9.17, 15) is 18.0 Å². The molecule has 0 bridgehead atoms. The fourth-order valence-corrected chi connectivity index (χ4v) is 3.60. The van der Waals surface area contributed by atoms with Crippen LogP contribution in [0.4, 0.5) is 0 Å². The Morgan fingerprint density at radius 1 is 1.27 bits per heavy atom. The third-order valence-corrected chi connectivity index (χ3v) is 5.04. The van der Waals surface area contributed by atoms with Crippen LogP contribution in [0.2, 0.25) is 0 Å². The van der Waals surface area contributed by atoms with Gasteiger partial charge < -0.3 is 10.6 Å². The first kappa shape index (κ1) is 19.5. The molecule has 0 unspecified atom stereocenters. The average molecular weight is 376 g/mol. The molecule has 0 radical (unpaired) electrons. The molecule has 138 valence electrons. The first-order valence-corrected chi connectivity index (χ1v) is 9.42. The van der Waals surface area contributed by atoms with Gasteiger partial charge in [-0.25, -0.2) is 8.42 Å². The van der Waals surface area contributed by atoms with Gasteiger partial charge in [0.15, 0.2) is 0 Å². The summed E-state index contributed by atoms with van der Waals surface area (Å²) in [6.45, 7) is 3.39. The van der Waals surface area contributed by atoms with Crippen LogP contribution in [-0.4, -0.2) is 45.2 Å². The fraction of sp³-hybridized carbons (Fsp3) is 0.353. The van der Waals surface area contributed by atoms with Crippen molar-refractivity contribution < 1.29 is 18.0 Å². The quantitative estimate of drug-likeness (QED) is 0.587. The fourth-order valence-electron chi connectivity index (χ4n) is 2.36. The molecule has 3 N–H and O–H groups in total. The number of nitrogens with zero attached hydrogens (tertiary/aromatic N) is 1. The molecule has 1 aromatic rings. The second-order valence-corrected chi connectivity index (χ2v) is 7.62. The zero-order chi connectivity index (χ0) is 19.3. The highest BCUT2D eigenvalue weighted by atomic mass is 32.2. The SMILES string of the molecule is C#CCNC(=O)CNC(=O)[C@@H](N=C1NS(=O)(=O)c2ccccc21)C(C)C. The van der Waals surface area contributed by atoms with Gasteiger partial charge in [0.2, 0.25) is 11.8 Å². The molecule has 1 aliphatic heterocycles. The van der Waals surface area contributed by atoms with Crippen LogP contribution in [0.1, 0.15) is 19.4 Å². The van der Waals surface area contributed by atoms with Crippen LogP contribution >= 0.6 is 0 Å². The van der Waals surface area contributed by atoms with Crippen LogP contribution in [0.25, 0.3) is 0 Å². The van der Waals surface area contributed by atoms with Crippen LogP contribution in [0, 0.1) is 18.3 Å². The van der Waals surface area contributed by atoms with E-state index >= 15 is 0 Å². The van der Waals surface area contributed by atoms with Crippen LogP contribution in [0.15, 0.2) is 34.2 Å². The summed E-state index contributed by atoms with van der Waals surface area (Å²) in [7, 11) is -3.68. The number of rotatable bonds is 6. The Kier molecular flexibility index (Phi) is 6.00. The minimum atomic E-state index is -3.68. The first-order valence-electron chi connectivity index (χ1n) is 7.94. The highest BCUT2D eigenvalue weighted by Crippen LogP contribution is 2.23. The number of sulfonamides is 1. The summed E-state index contributed by atoms with van der Waals surface area (Å²) < 4.78 is 26.6. The molecule has 2 amide bonds. The third kappa shape index (κ3) is 4.40. The number of carbonyl (C=O) groups excluding carboxylic acids is 2. The summed E-state index contributed by atoms with van der Waals surface area (Å²) in [5.74, 6) is 1.27. The zero-order valence-corrected chi connectivity index (χ0v) is 15.3. The Bertz CT molecular complexity index is 884. The van der Waals surface area contributed by atoms with Gasteiger partial charge in [-0.2, -0.15) is 0 Å². The summed E-state index contributed by atoms with van der Waals surface area (Å²) in [6, 6.07) is 5.54. The van der Waals surface area contributed by atoms with E-state index in [0.29, 0.717) is 5.56 Å². The van der Waals surface area contributed by atoms with Crippen LogP contribution in [-0.2, 0) is 19.6 Å². The highest BCUT2D eigenvalue weighted by Gasteiger charge is 2.32. The molecule has 8 nitrogen and oxygen atoms in total. The zero-order valence-electron chi connectivity index (χ0n) is 14.4. The van der Waals surface area contributed by atoms with Gasteiger partial charge in [-0.1, -0.05) is 31.9 Å². The molecule has 2 rings (SSSR count). The molecular formula is C17H20N4O4S. The van der Waals surface area contributed by atoms with Crippen molar-refractivity contribution in [3.63, 3.8) is 0 Å². The lowest BCUT2D eigenvalue weighted by atomic mass is 10.0. The molecule has 1 aromatic carbocycles. The number of hydrogen-bond donors (Lipinski definition) is 3. The molecule has 26 heavy (non-hydrogen) atoms. The van der Waals surface area contributed by atoms with E-state index in [-0.39, 0.29) is 29.7 Å². The number of amides is 2. The molecule has 0 saturated heterocycles. The van der Waals surface area contributed by atoms with Gasteiger partial charge in [-0.3, -0.25) is 19.3 Å². The smallest absolute Gasteiger partial charge is 0.263 e. The monoisotopic (exact) mass is 376 g/mol. The van der Waals surface area contributed by atoms with E-state index in [4.69, 9.17) is 6.42 Å². The van der Waals surface area contributed by atoms with Crippen molar-refractivity contribution in [2.75, 3.05) is 13.1 Å². The van der Waals surface area contributed by atoms with Crippen molar-refractivity contribution >= 4 is 27.7 Å². The van der Waals surface area contributed by atoms with E-state index in [1.807, 2.05) is 0 Å². The van der Waals surface area contributed by atoms with Crippen LogP contribution in [0.5, 0.6) is 0 Å². The lowest BCUT2D eigenvalue weighted by Gasteiger charge is -2.17. The molecule has 1 heterocycles. The molecule has 9 heteroatoms. The molecule has 1 atom stereocenters. The Morgan fingerprint density at radius 3 is 2.62 bits per heavy atom. The van der Waals surface area contributed by atoms with Gasteiger partial charge in [0.25, 0.3) is 10.0 Å². The molecule has 0 aliphatic carbocycles. The standard InChI is InChI=1S/C17H20N4O4S/c1-4-9-18-14(22)10-19-17(23)15(11(2)3)20-16-12-7-5-6-8-13(12)26(24,25)21-16/h1,5-8,11,15H,9-10H2,2-3H3,(H,18,22)(H,19,23)(H,20,21)/t15-/m0/s1. The Morgan fingerprint density at radius 2 is 1.96 bits per heavy atom. The van der Waals surface area contributed by atoms with Gasteiger partial charge in [0.05, 0.1) is 18.0 Å². The molecule has 0 spiro atoms. The second kappa shape index (κ2) is 8.01. The van der Waals surface area contributed by atoms with Gasteiger partial charge in [-0.15, -0.1) is 6.42 Å². The topological polar surface area (TPSA) is 117 Å². The van der Waals surface area contributed by atoms with Crippen LogP contribution < -0.4 is 15.4 Å². The number of aliphatic imine (C=N–C) groups is 1. The number of hydrogen-bond acceptors (Lipinski definition) is 5. The number of amidine groups is 1. The Hall–Kier alpha value is -2.86. The van der Waals surface area contributed by atoms with Crippen molar-refractivity contribution in [3.05, 3.63) is 29.8 Å². The van der Waals surface area contributed by atoms with Crippen molar-refractivity contribution in [1.29, 1.82) is 0 Å². The van der Waals surface area contributed by atoms with E-state index in [1.165, 1.54) is 6.07 Å². The predicted octanol–water partition coefficient (Wildman–Crippen LogP) is -0.385. The molecule has 0 aromatic heterocycles.